The smallest absolute Gasteiger partial charge is 0.342 e. The maximum Gasteiger partial charge on any atom is 0.342 e. The number of nitrogens with zero attached hydrogens (tertiary/aromatic N) is 2. The van der Waals surface area contributed by atoms with Gasteiger partial charge in [-0.1, -0.05) is 23.7 Å². The standard InChI is InChI=1S/C36H45ClN2O6/c1-38-13-9-23-10-15-44-32(16-23)33-25(18-30(33)40)20-39-21-35(11-3-4-24-17-27(37)6-7-28(24)35)22-45-31-8-5-26(19-29(31)39)36(42,12-14-38)34(41)43-2/h5-8,17,19,23,25,32-33,42H,3-4,9-16,18,20-22H2,1-2H3/t23-,25-,32-,33-,35-,36-/m0/s1. The molecule has 0 radical (unpaired) electrons. The van der Waals surface area contributed by atoms with Gasteiger partial charge in [0.15, 0.2) is 5.60 Å². The van der Waals surface area contributed by atoms with Gasteiger partial charge in [-0.15, -0.1) is 0 Å². The van der Waals surface area contributed by atoms with E-state index >= 15 is 0 Å². The summed E-state index contributed by atoms with van der Waals surface area (Å²) < 4.78 is 18.2. The summed E-state index contributed by atoms with van der Waals surface area (Å²) in [6.45, 7) is 3.94. The van der Waals surface area contributed by atoms with Gasteiger partial charge in [0.2, 0.25) is 0 Å². The maximum absolute atomic E-state index is 13.3. The van der Waals surface area contributed by atoms with E-state index in [4.69, 9.17) is 25.8 Å². The Balaban J connectivity index is 1.33. The lowest BCUT2D eigenvalue weighted by Gasteiger charge is -2.47. The first-order valence-electron chi connectivity index (χ1n) is 16.6. The fraction of sp³-hybridized carbons (Fsp3) is 0.611. The highest BCUT2D eigenvalue weighted by atomic mass is 35.5. The second-order valence-electron chi connectivity index (χ2n) is 14.2. The van der Waals surface area contributed by atoms with Crippen molar-refractivity contribution in [2.24, 2.45) is 17.8 Å². The molecule has 2 aromatic rings. The number of rotatable bonds is 1. The lowest BCUT2D eigenvalue weighted by Crippen LogP contribution is -2.54. The van der Waals surface area contributed by atoms with Gasteiger partial charge in [-0.05, 0) is 105 Å². The third kappa shape index (κ3) is 5.66. The molecule has 4 bridgehead atoms. The highest BCUT2D eigenvalue weighted by molar-refractivity contribution is 6.30. The Bertz CT molecular complexity index is 1470. The number of hydrogen-bond donors (Lipinski definition) is 1. The van der Waals surface area contributed by atoms with Crippen LogP contribution < -0.4 is 9.64 Å². The topological polar surface area (TPSA) is 88.5 Å². The summed E-state index contributed by atoms with van der Waals surface area (Å²) in [6, 6.07) is 11.8. The average molecular weight is 637 g/mol. The number of fused-ring (bicyclic) bond motifs is 7. The van der Waals surface area contributed by atoms with E-state index in [1.165, 1.54) is 18.2 Å². The number of anilines is 1. The fourth-order valence-corrected chi connectivity index (χ4v) is 8.98. The van der Waals surface area contributed by atoms with Crippen molar-refractivity contribution in [1.29, 1.82) is 0 Å². The number of methoxy groups -OCH3 is 1. The molecule has 2 fully saturated rings. The number of esters is 1. The van der Waals surface area contributed by atoms with Crippen LogP contribution in [0.25, 0.3) is 0 Å². The summed E-state index contributed by atoms with van der Waals surface area (Å²) in [5.41, 5.74) is 1.80. The molecule has 242 valence electrons. The Hall–Kier alpha value is -2.65. The lowest BCUT2D eigenvalue weighted by molar-refractivity contribution is -0.165. The van der Waals surface area contributed by atoms with Crippen molar-refractivity contribution in [3.8, 4) is 5.75 Å². The number of ether oxygens (including phenoxy) is 3. The molecule has 9 heteroatoms. The summed E-state index contributed by atoms with van der Waals surface area (Å²) in [5, 5.41) is 12.8. The molecule has 2 aliphatic carbocycles. The maximum atomic E-state index is 13.3. The molecule has 45 heavy (non-hydrogen) atoms. The first-order chi connectivity index (χ1) is 21.7. The van der Waals surface area contributed by atoms with Crippen molar-refractivity contribution in [1.82, 2.24) is 4.90 Å². The number of aryl methyl sites for hydroxylation is 1. The fourth-order valence-electron chi connectivity index (χ4n) is 8.78. The van der Waals surface area contributed by atoms with Crippen molar-refractivity contribution in [2.75, 3.05) is 58.5 Å². The molecule has 0 aromatic heterocycles. The van der Waals surface area contributed by atoms with Crippen molar-refractivity contribution >= 4 is 29.0 Å². The van der Waals surface area contributed by atoms with Crippen LogP contribution >= 0.6 is 11.6 Å². The predicted molar refractivity (Wildman–Crippen MR) is 172 cm³/mol. The minimum Gasteiger partial charge on any atom is -0.490 e. The monoisotopic (exact) mass is 636 g/mol. The van der Waals surface area contributed by atoms with E-state index in [1.54, 1.807) is 6.07 Å². The summed E-state index contributed by atoms with van der Waals surface area (Å²) in [7, 11) is 3.36. The van der Waals surface area contributed by atoms with Gasteiger partial charge in [0.25, 0.3) is 0 Å². The highest BCUT2D eigenvalue weighted by Gasteiger charge is 2.50. The largest absolute Gasteiger partial charge is 0.490 e. The van der Waals surface area contributed by atoms with Crippen LogP contribution in [0.3, 0.4) is 0 Å². The molecule has 0 amide bonds. The van der Waals surface area contributed by atoms with Crippen molar-refractivity contribution in [3.63, 3.8) is 0 Å². The van der Waals surface area contributed by atoms with Crippen molar-refractivity contribution in [2.45, 2.75) is 68.5 Å². The molecular formula is C36H45ClN2O6. The molecule has 7 rings (SSSR count). The normalized spacial score (nSPS) is 33.7. The Morgan fingerprint density at radius 2 is 2.00 bits per heavy atom. The lowest BCUT2D eigenvalue weighted by atomic mass is 9.66. The predicted octanol–water partition coefficient (Wildman–Crippen LogP) is 4.90. The molecular weight excluding hydrogens is 592 g/mol. The van der Waals surface area contributed by atoms with Gasteiger partial charge in [0.1, 0.15) is 11.5 Å². The summed E-state index contributed by atoms with van der Waals surface area (Å²) >= 11 is 6.44. The number of hydrogen-bond acceptors (Lipinski definition) is 8. The van der Waals surface area contributed by atoms with Crippen LogP contribution in [0.5, 0.6) is 5.75 Å². The number of Topliss-reactive ketones (excluding diaryl/α,β-unsaturated/α-hetero) is 1. The van der Waals surface area contributed by atoms with E-state index < -0.39 is 11.6 Å². The van der Waals surface area contributed by atoms with Gasteiger partial charge in [0.05, 0.1) is 25.5 Å². The van der Waals surface area contributed by atoms with Gasteiger partial charge < -0.3 is 29.1 Å². The first-order valence-corrected chi connectivity index (χ1v) is 17.0. The van der Waals surface area contributed by atoms with Crippen LogP contribution in [-0.2, 0) is 36.5 Å². The molecule has 1 spiro atoms. The van der Waals surface area contributed by atoms with Gasteiger partial charge in [0, 0.05) is 55.4 Å². The highest BCUT2D eigenvalue weighted by Crippen LogP contribution is 2.48. The van der Waals surface area contributed by atoms with Crippen LogP contribution in [0, 0.1) is 17.8 Å². The van der Waals surface area contributed by atoms with Gasteiger partial charge in [-0.2, -0.15) is 0 Å². The number of ketones is 1. The molecule has 1 saturated carbocycles. The zero-order chi connectivity index (χ0) is 31.3. The molecule has 3 aliphatic heterocycles. The van der Waals surface area contributed by atoms with Crippen LogP contribution in [0.15, 0.2) is 36.4 Å². The van der Waals surface area contributed by atoms with Crippen LogP contribution in [0.1, 0.15) is 61.6 Å². The van der Waals surface area contributed by atoms with E-state index in [-0.39, 0.29) is 29.8 Å². The third-order valence-corrected chi connectivity index (χ3v) is 11.7. The van der Waals surface area contributed by atoms with Gasteiger partial charge >= 0.3 is 5.97 Å². The second kappa shape index (κ2) is 12.2. The Labute approximate surface area is 270 Å². The van der Waals surface area contributed by atoms with E-state index in [2.05, 4.69) is 21.9 Å². The summed E-state index contributed by atoms with van der Waals surface area (Å²) in [6.07, 6.45) is 6.57. The zero-order valence-corrected chi connectivity index (χ0v) is 27.2. The Morgan fingerprint density at radius 1 is 1.13 bits per heavy atom. The van der Waals surface area contributed by atoms with Gasteiger partial charge in [-0.25, -0.2) is 4.79 Å². The first kappa shape index (κ1) is 31.0. The van der Waals surface area contributed by atoms with Crippen LogP contribution in [0.2, 0.25) is 5.02 Å². The van der Waals surface area contributed by atoms with E-state index in [9.17, 15) is 14.7 Å². The van der Waals surface area contributed by atoms with Crippen molar-refractivity contribution < 1.29 is 28.9 Å². The van der Waals surface area contributed by atoms with Crippen molar-refractivity contribution in [3.05, 3.63) is 58.1 Å². The quantitative estimate of drug-likeness (QED) is 0.443. The van der Waals surface area contributed by atoms with E-state index in [1.807, 2.05) is 25.2 Å². The molecule has 0 unspecified atom stereocenters. The van der Waals surface area contributed by atoms with Gasteiger partial charge in [-0.3, -0.25) is 4.79 Å². The molecule has 8 nitrogen and oxygen atoms in total. The zero-order valence-electron chi connectivity index (χ0n) is 26.4. The second-order valence-corrected chi connectivity index (χ2v) is 14.7. The Kier molecular flexibility index (Phi) is 8.38. The average Bonchev–Trinajstić information content (AvgIpc) is 3.18. The molecule has 1 N–H and O–H groups in total. The number of carbonyl (C=O) groups excluding carboxylic acids is 2. The minimum absolute atomic E-state index is 0.0434. The molecule has 5 aliphatic rings. The summed E-state index contributed by atoms with van der Waals surface area (Å²) in [5.74, 6) is 0.873. The van der Waals surface area contributed by atoms with E-state index in [0.717, 1.165) is 61.5 Å². The summed E-state index contributed by atoms with van der Waals surface area (Å²) in [4.78, 5) is 31.0. The minimum atomic E-state index is -1.81. The molecule has 6 atom stereocenters. The van der Waals surface area contributed by atoms with Crippen LogP contribution in [0.4, 0.5) is 5.69 Å². The van der Waals surface area contributed by atoms with E-state index in [0.29, 0.717) is 56.5 Å². The Morgan fingerprint density at radius 3 is 2.82 bits per heavy atom. The SMILES string of the molecule is COC(=O)[C@]1(O)CCN(C)CC[C@H]2CCO[C@@H](C2)[C@@H]2C(=O)C[C@H]2CN2C[C@@]3(CCCc4cc(Cl)ccc43)COc3ccc1cc32. The number of halogens is 1. The molecule has 2 aromatic carbocycles. The molecule has 1 saturated heterocycles. The van der Waals surface area contributed by atoms with Crippen LogP contribution in [-0.4, -0.2) is 81.4 Å². The third-order valence-electron chi connectivity index (χ3n) is 11.4. The number of benzene rings is 2. The number of carbonyl (C=O) groups is 2. The molecule has 3 heterocycles. The number of aliphatic hydroxyl groups is 1.